The topological polar surface area (TPSA) is 29.1 Å². The molecule has 0 spiro atoms. The van der Waals surface area contributed by atoms with Gasteiger partial charge in [-0.3, -0.25) is 4.79 Å². The van der Waals surface area contributed by atoms with E-state index in [4.69, 9.17) is 0 Å². The van der Waals surface area contributed by atoms with Crippen molar-refractivity contribution in [1.29, 1.82) is 0 Å². The largest absolute Gasteiger partial charge is 0.306 e. The van der Waals surface area contributed by atoms with Crippen molar-refractivity contribution in [3.8, 4) is 0 Å². The minimum atomic E-state index is -0.0733. The van der Waals surface area contributed by atoms with E-state index in [-0.39, 0.29) is 11.8 Å². The number of hydrogen-bond donors (Lipinski definition) is 2. The highest BCUT2D eigenvalue weighted by Gasteiger charge is 2.09. The summed E-state index contributed by atoms with van der Waals surface area (Å²) in [5.74, 6) is 1.78. The Kier molecular flexibility index (Phi) is 8.76. The molecule has 5 heteroatoms. The summed E-state index contributed by atoms with van der Waals surface area (Å²) in [6.45, 7) is 2.46. The Balaban J connectivity index is 3.38. The minimum absolute atomic E-state index is 0.0733. The highest BCUT2D eigenvalue weighted by molar-refractivity contribution is 8.76. The number of carbonyl (C=O) groups is 1. The van der Waals surface area contributed by atoms with Crippen LogP contribution in [0.3, 0.4) is 0 Å². The van der Waals surface area contributed by atoms with Gasteiger partial charge in [0, 0.05) is 18.1 Å². The third-order valence-electron chi connectivity index (χ3n) is 1.37. The molecular formula is C7H15NOS3. The van der Waals surface area contributed by atoms with Gasteiger partial charge in [0.05, 0.1) is 6.04 Å². The third kappa shape index (κ3) is 6.22. The summed E-state index contributed by atoms with van der Waals surface area (Å²) >= 11 is 4.08. The third-order valence-corrected chi connectivity index (χ3v) is 3.55. The molecule has 72 valence electrons. The Morgan fingerprint density at radius 1 is 1.67 bits per heavy atom. The van der Waals surface area contributed by atoms with E-state index in [0.717, 1.165) is 12.3 Å². The highest BCUT2D eigenvalue weighted by atomic mass is 33.1. The second-order valence-electron chi connectivity index (χ2n) is 2.29. The standard InChI is InChI=1S/C7H15NOS3/c1-6(9)7(5-10)8-3-4-12-11-2/h7-8,10H,3-5H2,1-2H3/t7-/m0/s1. The van der Waals surface area contributed by atoms with E-state index in [0.29, 0.717) is 5.75 Å². The molecule has 0 aromatic rings. The molecular weight excluding hydrogens is 210 g/mol. The van der Waals surface area contributed by atoms with Crippen LogP contribution in [0.5, 0.6) is 0 Å². The van der Waals surface area contributed by atoms with Gasteiger partial charge in [0.1, 0.15) is 5.78 Å². The molecule has 0 aliphatic carbocycles. The van der Waals surface area contributed by atoms with Gasteiger partial charge in [-0.2, -0.15) is 12.6 Å². The first-order valence-electron chi connectivity index (χ1n) is 3.72. The van der Waals surface area contributed by atoms with Crippen molar-refractivity contribution in [3.05, 3.63) is 0 Å². The van der Waals surface area contributed by atoms with Gasteiger partial charge in [-0.1, -0.05) is 21.6 Å². The van der Waals surface area contributed by atoms with Crippen LogP contribution in [-0.4, -0.2) is 36.1 Å². The molecule has 1 N–H and O–H groups in total. The summed E-state index contributed by atoms with van der Waals surface area (Å²) in [5, 5.41) is 3.14. The van der Waals surface area contributed by atoms with Gasteiger partial charge >= 0.3 is 0 Å². The van der Waals surface area contributed by atoms with Gasteiger partial charge in [0.2, 0.25) is 0 Å². The van der Waals surface area contributed by atoms with Crippen molar-refractivity contribution in [2.24, 2.45) is 0 Å². The lowest BCUT2D eigenvalue weighted by atomic mass is 10.2. The van der Waals surface area contributed by atoms with E-state index in [9.17, 15) is 4.79 Å². The van der Waals surface area contributed by atoms with Crippen molar-refractivity contribution in [3.63, 3.8) is 0 Å². The van der Waals surface area contributed by atoms with Crippen LogP contribution in [0, 0.1) is 0 Å². The Morgan fingerprint density at radius 2 is 2.33 bits per heavy atom. The van der Waals surface area contributed by atoms with Crippen molar-refractivity contribution >= 4 is 40.0 Å². The molecule has 0 saturated heterocycles. The molecule has 0 aromatic heterocycles. The lowest BCUT2D eigenvalue weighted by Gasteiger charge is -2.11. The van der Waals surface area contributed by atoms with Crippen LogP contribution in [0.2, 0.25) is 0 Å². The van der Waals surface area contributed by atoms with Crippen LogP contribution < -0.4 is 5.32 Å². The number of carbonyl (C=O) groups excluding carboxylic acids is 1. The summed E-state index contributed by atoms with van der Waals surface area (Å²) < 4.78 is 0. The van der Waals surface area contributed by atoms with Gasteiger partial charge in [0.15, 0.2) is 0 Å². The Labute approximate surface area is 87.4 Å². The molecule has 0 aliphatic rings. The molecule has 0 rings (SSSR count). The Hall–Kier alpha value is 0.680. The molecule has 0 aromatic carbocycles. The van der Waals surface area contributed by atoms with Crippen molar-refractivity contribution < 1.29 is 4.79 Å². The molecule has 0 unspecified atom stereocenters. The zero-order valence-corrected chi connectivity index (χ0v) is 9.90. The van der Waals surface area contributed by atoms with Gasteiger partial charge in [-0.15, -0.1) is 0 Å². The van der Waals surface area contributed by atoms with Crippen molar-refractivity contribution in [2.45, 2.75) is 13.0 Å². The summed E-state index contributed by atoms with van der Waals surface area (Å²) in [6.07, 6.45) is 2.05. The predicted octanol–water partition coefficient (Wildman–Crippen LogP) is 1.47. The number of thiol groups is 1. The van der Waals surface area contributed by atoms with Crippen LogP contribution in [0.15, 0.2) is 0 Å². The monoisotopic (exact) mass is 225 g/mol. The summed E-state index contributed by atoms with van der Waals surface area (Å²) in [5.41, 5.74) is 0. The second kappa shape index (κ2) is 8.29. The Bertz CT molecular complexity index is 132. The van der Waals surface area contributed by atoms with E-state index in [1.54, 1.807) is 28.5 Å². The first kappa shape index (κ1) is 12.7. The maximum absolute atomic E-state index is 10.9. The highest BCUT2D eigenvalue weighted by Crippen LogP contribution is 2.14. The van der Waals surface area contributed by atoms with Crippen LogP contribution >= 0.6 is 34.2 Å². The van der Waals surface area contributed by atoms with Crippen molar-refractivity contribution in [1.82, 2.24) is 5.32 Å². The molecule has 12 heavy (non-hydrogen) atoms. The van der Waals surface area contributed by atoms with Gasteiger partial charge in [0.25, 0.3) is 0 Å². The fourth-order valence-corrected chi connectivity index (χ4v) is 2.20. The van der Waals surface area contributed by atoms with Crippen LogP contribution in [0.1, 0.15) is 6.92 Å². The molecule has 0 bridgehead atoms. The first-order chi connectivity index (χ1) is 5.72. The lowest BCUT2D eigenvalue weighted by molar-refractivity contribution is -0.118. The van der Waals surface area contributed by atoms with E-state index in [1.807, 2.05) is 6.26 Å². The minimum Gasteiger partial charge on any atom is -0.306 e. The molecule has 1 atom stereocenters. The predicted molar refractivity (Wildman–Crippen MR) is 62.3 cm³/mol. The molecule has 0 heterocycles. The maximum atomic E-state index is 10.9. The number of Topliss-reactive ketones (excluding diaryl/α,β-unsaturated/α-hetero) is 1. The number of rotatable bonds is 7. The quantitative estimate of drug-likeness (QED) is 0.390. The van der Waals surface area contributed by atoms with Crippen molar-refractivity contribution in [2.75, 3.05) is 24.3 Å². The Morgan fingerprint density at radius 3 is 2.75 bits per heavy atom. The summed E-state index contributed by atoms with van der Waals surface area (Å²) in [6, 6.07) is -0.0733. The number of nitrogens with one attached hydrogen (secondary N) is 1. The van der Waals surface area contributed by atoms with E-state index < -0.39 is 0 Å². The molecule has 0 fully saturated rings. The molecule has 0 amide bonds. The summed E-state index contributed by atoms with van der Waals surface area (Å²) in [4.78, 5) is 10.9. The smallest absolute Gasteiger partial charge is 0.147 e. The molecule has 0 radical (unpaired) electrons. The molecule has 2 nitrogen and oxygen atoms in total. The normalized spacial score (nSPS) is 12.9. The van der Waals surface area contributed by atoms with E-state index in [2.05, 4.69) is 17.9 Å². The van der Waals surface area contributed by atoms with Gasteiger partial charge in [-0.05, 0) is 13.2 Å². The van der Waals surface area contributed by atoms with Crippen LogP contribution in [-0.2, 0) is 4.79 Å². The van der Waals surface area contributed by atoms with Gasteiger partial charge < -0.3 is 5.32 Å². The zero-order chi connectivity index (χ0) is 9.40. The SMILES string of the molecule is CSSCCN[C@@H](CS)C(C)=O. The van der Waals surface area contributed by atoms with E-state index >= 15 is 0 Å². The fourth-order valence-electron chi connectivity index (χ4n) is 0.695. The van der Waals surface area contributed by atoms with Crippen LogP contribution in [0.25, 0.3) is 0 Å². The molecule has 0 saturated carbocycles. The van der Waals surface area contributed by atoms with Crippen LogP contribution in [0.4, 0.5) is 0 Å². The van der Waals surface area contributed by atoms with Gasteiger partial charge in [-0.25, -0.2) is 0 Å². The average Bonchev–Trinajstić information content (AvgIpc) is 2.04. The molecule has 0 aliphatic heterocycles. The van der Waals surface area contributed by atoms with E-state index in [1.165, 1.54) is 0 Å². The average molecular weight is 225 g/mol. The fraction of sp³-hybridized carbons (Fsp3) is 0.857. The number of hydrogen-bond acceptors (Lipinski definition) is 5. The summed E-state index contributed by atoms with van der Waals surface area (Å²) in [7, 11) is 3.53. The number of ketones is 1. The zero-order valence-electron chi connectivity index (χ0n) is 7.37. The second-order valence-corrected chi connectivity index (χ2v) is 5.34. The lowest BCUT2D eigenvalue weighted by Crippen LogP contribution is -2.38. The maximum Gasteiger partial charge on any atom is 0.147 e. The first-order valence-corrected chi connectivity index (χ1v) is 7.08.